The predicted octanol–water partition coefficient (Wildman–Crippen LogP) is 2.03. The Morgan fingerprint density at radius 1 is 1.28 bits per heavy atom. The quantitative estimate of drug-likeness (QED) is 0.704. The zero-order valence-electron chi connectivity index (χ0n) is 9.05. The minimum absolute atomic E-state index is 0.298. The molecule has 0 bridgehead atoms. The molecule has 0 spiro atoms. The van der Waals surface area contributed by atoms with E-state index in [-0.39, 0.29) is 0 Å². The molecule has 0 amide bonds. The molecule has 18 heavy (non-hydrogen) atoms. The minimum Gasteiger partial charge on any atom is -0.335 e. The van der Waals surface area contributed by atoms with Crippen molar-refractivity contribution < 1.29 is 4.39 Å². The van der Waals surface area contributed by atoms with Gasteiger partial charge in [0.1, 0.15) is 17.4 Å². The Kier molecular flexibility index (Phi) is 2.24. The molecular formula is C12H6FN5. The monoisotopic (exact) mass is 239 g/mol. The molecule has 0 saturated heterocycles. The van der Waals surface area contributed by atoms with E-state index in [0.717, 1.165) is 6.20 Å². The average Bonchev–Trinajstić information content (AvgIpc) is 2.82. The fraction of sp³-hybridized carbons (Fsp3) is 0. The van der Waals surface area contributed by atoms with E-state index in [1.165, 1.54) is 18.5 Å². The maximum absolute atomic E-state index is 13.6. The van der Waals surface area contributed by atoms with Crippen molar-refractivity contribution in [2.24, 2.45) is 0 Å². The first-order chi connectivity index (χ1) is 8.79. The first kappa shape index (κ1) is 10.4. The van der Waals surface area contributed by atoms with Crippen LogP contribution in [0.4, 0.5) is 4.39 Å². The van der Waals surface area contributed by atoms with Gasteiger partial charge in [-0.15, -0.1) is 0 Å². The number of rotatable bonds is 1. The van der Waals surface area contributed by atoms with Gasteiger partial charge in [-0.05, 0) is 12.1 Å². The van der Waals surface area contributed by atoms with Crippen molar-refractivity contribution in [3.05, 3.63) is 42.1 Å². The van der Waals surface area contributed by atoms with Crippen molar-refractivity contribution in [3.63, 3.8) is 0 Å². The summed E-state index contributed by atoms with van der Waals surface area (Å²) in [5.41, 5.74) is 1.62. The Bertz CT molecular complexity index is 771. The average molecular weight is 239 g/mol. The number of fused-ring (bicyclic) bond motifs is 1. The van der Waals surface area contributed by atoms with Gasteiger partial charge >= 0.3 is 0 Å². The Hall–Kier alpha value is -2.81. The van der Waals surface area contributed by atoms with Crippen LogP contribution < -0.4 is 0 Å². The van der Waals surface area contributed by atoms with Crippen LogP contribution >= 0.6 is 0 Å². The lowest BCUT2D eigenvalue weighted by atomic mass is 10.2. The van der Waals surface area contributed by atoms with E-state index in [9.17, 15) is 4.39 Å². The van der Waals surface area contributed by atoms with E-state index in [4.69, 9.17) is 5.26 Å². The van der Waals surface area contributed by atoms with E-state index in [1.807, 2.05) is 6.07 Å². The first-order valence-corrected chi connectivity index (χ1v) is 5.14. The van der Waals surface area contributed by atoms with Crippen LogP contribution in [0.5, 0.6) is 0 Å². The van der Waals surface area contributed by atoms with Crippen LogP contribution in [0.3, 0.4) is 0 Å². The molecule has 0 fully saturated rings. The van der Waals surface area contributed by atoms with E-state index in [1.54, 1.807) is 6.07 Å². The van der Waals surface area contributed by atoms with Gasteiger partial charge in [0.05, 0.1) is 17.3 Å². The number of nitrogens with one attached hydrogen (secondary N) is 1. The highest BCUT2D eigenvalue weighted by Gasteiger charge is 2.12. The summed E-state index contributed by atoms with van der Waals surface area (Å²) in [6, 6.07) is 5.12. The summed E-state index contributed by atoms with van der Waals surface area (Å²) >= 11 is 0. The normalized spacial score (nSPS) is 10.4. The van der Waals surface area contributed by atoms with Gasteiger partial charge < -0.3 is 4.98 Å². The number of imidazole rings is 1. The molecule has 3 aromatic rings. The van der Waals surface area contributed by atoms with Crippen molar-refractivity contribution in [1.29, 1.82) is 5.26 Å². The number of nitrogens with zero attached hydrogens (tertiary/aromatic N) is 4. The summed E-state index contributed by atoms with van der Waals surface area (Å²) in [5, 5.41) is 8.96. The Morgan fingerprint density at radius 3 is 2.94 bits per heavy atom. The molecule has 3 rings (SSSR count). The Labute approximate surface area is 101 Å². The number of nitriles is 1. The van der Waals surface area contributed by atoms with Crippen LogP contribution in [0.1, 0.15) is 5.56 Å². The third-order valence-corrected chi connectivity index (χ3v) is 2.54. The van der Waals surface area contributed by atoms with E-state index < -0.39 is 5.82 Å². The summed E-state index contributed by atoms with van der Waals surface area (Å²) in [6.07, 6.45) is 4.08. The Balaban J connectivity index is 2.27. The summed E-state index contributed by atoms with van der Waals surface area (Å²) in [6.45, 7) is 0. The number of H-pyrrole nitrogens is 1. The highest BCUT2D eigenvalue weighted by atomic mass is 19.1. The van der Waals surface area contributed by atoms with E-state index >= 15 is 0 Å². The van der Waals surface area contributed by atoms with E-state index in [0.29, 0.717) is 28.1 Å². The Morgan fingerprint density at radius 2 is 2.17 bits per heavy atom. The molecule has 0 saturated carbocycles. The lowest BCUT2D eigenvalue weighted by Crippen LogP contribution is -1.87. The molecule has 0 aliphatic heterocycles. The zero-order chi connectivity index (χ0) is 12.5. The zero-order valence-corrected chi connectivity index (χ0v) is 9.05. The number of pyridine rings is 2. The molecule has 0 radical (unpaired) electrons. The van der Waals surface area contributed by atoms with Gasteiger partial charge in [-0.3, -0.25) is 4.98 Å². The van der Waals surface area contributed by atoms with Gasteiger partial charge in [0.25, 0.3) is 0 Å². The van der Waals surface area contributed by atoms with Crippen LogP contribution in [0.15, 0.2) is 30.7 Å². The molecule has 5 nitrogen and oxygen atoms in total. The number of hydrogen-bond acceptors (Lipinski definition) is 4. The van der Waals surface area contributed by atoms with Crippen LogP contribution in [-0.4, -0.2) is 19.9 Å². The largest absolute Gasteiger partial charge is 0.335 e. The maximum atomic E-state index is 13.6. The van der Waals surface area contributed by atoms with Crippen molar-refractivity contribution in [1.82, 2.24) is 19.9 Å². The van der Waals surface area contributed by atoms with Gasteiger partial charge in [-0.25, -0.2) is 14.4 Å². The van der Waals surface area contributed by atoms with Crippen molar-refractivity contribution in [2.45, 2.75) is 0 Å². The number of aromatic amines is 1. The van der Waals surface area contributed by atoms with Gasteiger partial charge in [0.2, 0.25) is 0 Å². The molecule has 3 aromatic heterocycles. The molecule has 0 unspecified atom stereocenters. The minimum atomic E-state index is -0.477. The molecule has 0 atom stereocenters. The molecular weight excluding hydrogens is 233 g/mol. The molecule has 86 valence electrons. The molecule has 1 N–H and O–H groups in total. The lowest BCUT2D eigenvalue weighted by molar-refractivity contribution is 0.624. The maximum Gasteiger partial charge on any atom is 0.179 e. The van der Waals surface area contributed by atoms with Gasteiger partial charge in [0.15, 0.2) is 11.5 Å². The fourth-order valence-electron chi connectivity index (χ4n) is 1.70. The smallest absolute Gasteiger partial charge is 0.179 e. The third kappa shape index (κ3) is 1.50. The third-order valence-electron chi connectivity index (χ3n) is 2.54. The highest BCUT2D eigenvalue weighted by molar-refractivity contribution is 5.81. The van der Waals surface area contributed by atoms with Crippen molar-refractivity contribution in [3.8, 4) is 17.5 Å². The topological polar surface area (TPSA) is 78.2 Å². The van der Waals surface area contributed by atoms with Crippen LogP contribution in [-0.2, 0) is 0 Å². The SMILES string of the molecule is N#Cc1ccnc2nc(-c3ccncc3F)[nH]c12. The highest BCUT2D eigenvalue weighted by Crippen LogP contribution is 2.22. The second kappa shape index (κ2) is 3.89. The molecule has 0 aliphatic carbocycles. The lowest BCUT2D eigenvalue weighted by Gasteiger charge is -1.96. The molecule has 0 aromatic carbocycles. The summed E-state index contributed by atoms with van der Waals surface area (Å²) in [5.74, 6) is -0.143. The van der Waals surface area contributed by atoms with Gasteiger partial charge in [0, 0.05) is 12.4 Å². The first-order valence-electron chi connectivity index (χ1n) is 5.14. The second-order valence-corrected chi connectivity index (χ2v) is 3.61. The van der Waals surface area contributed by atoms with Gasteiger partial charge in [-0.1, -0.05) is 0 Å². The van der Waals surface area contributed by atoms with E-state index in [2.05, 4.69) is 19.9 Å². The summed E-state index contributed by atoms with van der Waals surface area (Å²) in [4.78, 5) is 14.8. The second-order valence-electron chi connectivity index (χ2n) is 3.61. The predicted molar refractivity (Wildman–Crippen MR) is 61.8 cm³/mol. The number of aromatic nitrogens is 4. The van der Waals surface area contributed by atoms with Crippen LogP contribution in [0.2, 0.25) is 0 Å². The summed E-state index contributed by atoms with van der Waals surface area (Å²) in [7, 11) is 0. The van der Waals surface area contributed by atoms with Crippen LogP contribution in [0.25, 0.3) is 22.6 Å². The molecule has 0 aliphatic rings. The number of halogens is 1. The van der Waals surface area contributed by atoms with Crippen molar-refractivity contribution >= 4 is 11.2 Å². The van der Waals surface area contributed by atoms with Gasteiger partial charge in [-0.2, -0.15) is 5.26 Å². The number of hydrogen-bond donors (Lipinski definition) is 1. The standard InChI is InChI=1S/C12H6FN5/c13-9-6-15-3-2-8(9)11-17-10-7(5-14)1-4-16-12(10)18-11/h1-4,6H,(H,16,17,18). The van der Waals surface area contributed by atoms with Crippen LogP contribution in [0, 0.1) is 17.1 Å². The molecule has 3 heterocycles. The summed E-state index contributed by atoms with van der Waals surface area (Å²) < 4.78 is 13.6. The fourth-order valence-corrected chi connectivity index (χ4v) is 1.70. The molecule has 6 heteroatoms. The van der Waals surface area contributed by atoms with Crippen molar-refractivity contribution in [2.75, 3.05) is 0 Å².